The number of hydrogen-bond donors (Lipinski definition) is 1. The number of hydrogen-bond acceptors (Lipinski definition) is 1. The van der Waals surface area contributed by atoms with E-state index in [1.54, 1.807) is 0 Å². The Bertz CT molecular complexity index is 655. The van der Waals surface area contributed by atoms with Crippen molar-refractivity contribution < 1.29 is 9.18 Å². The van der Waals surface area contributed by atoms with E-state index in [0.29, 0.717) is 16.0 Å². The summed E-state index contributed by atoms with van der Waals surface area (Å²) >= 11 is 3.11. The van der Waals surface area contributed by atoms with E-state index in [1.165, 1.54) is 18.2 Å². The van der Waals surface area contributed by atoms with Gasteiger partial charge in [0.2, 0.25) is 0 Å². The second-order valence-electron chi connectivity index (χ2n) is 5.33. The molecule has 0 aliphatic heterocycles. The molecule has 1 aliphatic carbocycles. The molecule has 2 aromatic rings. The van der Waals surface area contributed by atoms with Crippen LogP contribution in [0.2, 0.25) is 0 Å². The van der Waals surface area contributed by atoms with Gasteiger partial charge < -0.3 is 5.32 Å². The number of rotatable bonds is 4. The first-order chi connectivity index (χ1) is 10.1. The molecule has 1 saturated carbocycles. The fourth-order valence-electron chi connectivity index (χ4n) is 2.43. The maximum Gasteiger partial charge on any atom is 0.251 e. The monoisotopic (exact) mass is 347 g/mol. The van der Waals surface area contributed by atoms with Gasteiger partial charge in [-0.15, -0.1) is 0 Å². The standard InChI is InChI=1S/C17H15BrFNO/c18-14-10-13(8-9-15(14)19)17(21)20-16(12-6-7-12)11-4-2-1-3-5-11/h1-5,8-10,12,16H,6-7H2,(H,20,21). The van der Waals surface area contributed by atoms with Crippen molar-refractivity contribution in [3.8, 4) is 0 Å². The minimum absolute atomic E-state index is 0.0301. The lowest BCUT2D eigenvalue weighted by Crippen LogP contribution is -2.29. The molecule has 4 heteroatoms. The van der Waals surface area contributed by atoms with Crippen molar-refractivity contribution in [1.29, 1.82) is 0 Å². The fourth-order valence-corrected chi connectivity index (χ4v) is 2.80. The molecule has 0 saturated heterocycles. The summed E-state index contributed by atoms with van der Waals surface area (Å²) < 4.78 is 13.6. The molecule has 2 nitrogen and oxygen atoms in total. The third-order valence-corrected chi connectivity index (χ3v) is 4.33. The van der Waals surface area contributed by atoms with Gasteiger partial charge in [-0.1, -0.05) is 30.3 Å². The first-order valence-electron chi connectivity index (χ1n) is 6.96. The highest BCUT2D eigenvalue weighted by Gasteiger charge is 2.33. The Labute approximate surface area is 131 Å². The quantitative estimate of drug-likeness (QED) is 0.868. The van der Waals surface area contributed by atoms with Gasteiger partial charge in [0.25, 0.3) is 5.91 Å². The van der Waals surface area contributed by atoms with Crippen molar-refractivity contribution in [3.05, 3.63) is 69.9 Å². The summed E-state index contributed by atoms with van der Waals surface area (Å²) in [6, 6.07) is 14.3. The van der Waals surface area contributed by atoms with E-state index in [9.17, 15) is 9.18 Å². The average Bonchev–Trinajstić information content (AvgIpc) is 3.33. The molecule has 0 aromatic heterocycles. The van der Waals surface area contributed by atoms with Crippen LogP contribution in [0.3, 0.4) is 0 Å². The molecule has 0 radical (unpaired) electrons. The highest BCUT2D eigenvalue weighted by atomic mass is 79.9. The smallest absolute Gasteiger partial charge is 0.251 e. The summed E-state index contributed by atoms with van der Waals surface area (Å²) in [6.07, 6.45) is 2.26. The molecule has 1 amide bonds. The van der Waals surface area contributed by atoms with E-state index in [0.717, 1.165) is 18.4 Å². The van der Waals surface area contributed by atoms with Crippen LogP contribution in [0.5, 0.6) is 0 Å². The zero-order valence-corrected chi connectivity index (χ0v) is 12.9. The van der Waals surface area contributed by atoms with Crippen molar-refractivity contribution in [3.63, 3.8) is 0 Å². The summed E-state index contributed by atoms with van der Waals surface area (Å²) in [4.78, 5) is 12.4. The van der Waals surface area contributed by atoms with Crippen molar-refractivity contribution >= 4 is 21.8 Å². The van der Waals surface area contributed by atoms with Crippen molar-refractivity contribution in [2.75, 3.05) is 0 Å². The summed E-state index contributed by atoms with van der Waals surface area (Å²) in [7, 11) is 0. The van der Waals surface area contributed by atoms with Crippen LogP contribution < -0.4 is 5.32 Å². The van der Waals surface area contributed by atoms with E-state index in [1.807, 2.05) is 30.3 Å². The van der Waals surface area contributed by atoms with E-state index in [4.69, 9.17) is 0 Å². The number of nitrogens with one attached hydrogen (secondary N) is 1. The Morgan fingerprint density at radius 1 is 1.19 bits per heavy atom. The second-order valence-corrected chi connectivity index (χ2v) is 6.18. The highest BCUT2D eigenvalue weighted by Crippen LogP contribution is 2.41. The van der Waals surface area contributed by atoms with Crippen LogP contribution in [0, 0.1) is 11.7 Å². The van der Waals surface area contributed by atoms with Gasteiger partial charge in [0.1, 0.15) is 5.82 Å². The third-order valence-electron chi connectivity index (χ3n) is 3.72. The van der Waals surface area contributed by atoms with Crippen molar-refractivity contribution in [2.24, 2.45) is 5.92 Å². The highest BCUT2D eigenvalue weighted by molar-refractivity contribution is 9.10. The Kier molecular flexibility index (Phi) is 4.06. The van der Waals surface area contributed by atoms with Gasteiger partial charge in [-0.25, -0.2) is 4.39 Å². The number of benzene rings is 2. The van der Waals surface area contributed by atoms with E-state index < -0.39 is 0 Å². The predicted octanol–water partition coefficient (Wildman–Crippen LogP) is 4.47. The molecule has 3 rings (SSSR count). The van der Waals surface area contributed by atoms with Crippen LogP contribution in [0.15, 0.2) is 53.0 Å². The number of halogens is 2. The molecule has 1 aliphatic rings. The molecular formula is C17H15BrFNO. The molecule has 0 bridgehead atoms. The number of amides is 1. The van der Waals surface area contributed by atoms with Gasteiger partial charge in [0.15, 0.2) is 0 Å². The lowest BCUT2D eigenvalue weighted by molar-refractivity contribution is 0.0931. The summed E-state index contributed by atoms with van der Waals surface area (Å²) in [5.41, 5.74) is 1.58. The van der Waals surface area contributed by atoms with Crippen LogP contribution in [-0.2, 0) is 0 Å². The zero-order valence-electron chi connectivity index (χ0n) is 11.4. The first kappa shape index (κ1) is 14.3. The lowest BCUT2D eigenvalue weighted by atomic mass is 10.0. The van der Waals surface area contributed by atoms with Crippen LogP contribution in [0.4, 0.5) is 4.39 Å². The minimum atomic E-state index is -0.367. The summed E-state index contributed by atoms with van der Waals surface area (Å²) in [5.74, 6) is -0.0370. The molecular weight excluding hydrogens is 333 g/mol. The van der Waals surface area contributed by atoms with E-state index >= 15 is 0 Å². The second kappa shape index (κ2) is 5.98. The largest absolute Gasteiger partial charge is 0.345 e. The molecule has 2 aromatic carbocycles. The predicted molar refractivity (Wildman–Crippen MR) is 83.5 cm³/mol. The molecule has 21 heavy (non-hydrogen) atoms. The topological polar surface area (TPSA) is 29.1 Å². The SMILES string of the molecule is O=C(NC(c1ccccc1)C1CC1)c1ccc(F)c(Br)c1. The van der Waals surface area contributed by atoms with Gasteiger partial charge in [-0.05, 0) is 58.5 Å². The molecule has 1 atom stereocenters. The van der Waals surface area contributed by atoms with Crippen LogP contribution in [0.1, 0.15) is 34.8 Å². The zero-order chi connectivity index (χ0) is 14.8. The first-order valence-corrected chi connectivity index (χ1v) is 7.75. The Morgan fingerprint density at radius 2 is 1.90 bits per heavy atom. The average molecular weight is 348 g/mol. The summed E-state index contributed by atoms with van der Waals surface area (Å²) in [5, 5.41) is 3.08. The maximum absolute atomic E-state index is 13.2. The van der Waals surface area contributed by atoms with Crippen molar-refractivity contribution in [1.82, 2.24) is 5.32 Å². The van der Waals surface area contributed by atoms with Gasteiger partial charge in [0.05, 0.1) is 10.5 Å². The Balaban J connectivity index is 1.79. The van der Waals surface area contributed by atoms with Crippen LogP contribution in [-0.4, -0.2) is 5.91 Å². The van der Waals surface area contributed by atoms with Gasteiger partial charge in [-0.2, -0.15) is 0 Å². The fraction of sp³-hybridized carbons (Fsp3) is 0.235. The lowest BCUT2D eigenvalue weighted by Gasteiger charge is -2.19. The minimum Gasteiger partial charge on any atom is -0.345 e. The number of carbonyl (C=O) groups excluding carboxylic acids is 1. The number of carbonyl (C=O) groups is 1. The van der Waals surface area contributed by atoms with E-state index in [-0.39, 0.29) is 17.8 Å². The maximum atomic E-state index is 13.2. The summed E-state index contributed by atoms with van der Waals surface area (Å²) in [6.45, 7) is 0. The van der Waals surface area contributed by atoms with E-state index in [2.05, 4.69) is 21.2 Å². The molecule has 108 valence electrons. The normalized spacial score (nSPS) is 15.5. The van der Waals surface area contributed by atoms with Crippen molar-refractivity contribution in [2.45, 2.75) is 18.9 Å². The van der Waals surface area contributed by atoms with Crippen LogP contribution >= 0.6 is 15.9 Å². The van der Waals surface area contributed by atoms with Gasteiger partial charge in [-0.3, -0.25) is 4.79 Å². The van der Waals surface area contributed by atoms with Gasteiger partial charge >= 0.3 is 0 Å². The van der Waals surface area contributed by atoms with Crippen LogP contribution in [0.25, 0.3) is 0 Å². The Morgan fingerprint density at radius 3 is 2.52 bits per heavy atom. The van der Waals surface area contributed by atoms with Gasteiger partial charge in [0, 0.05) is 5.56 Å². The Hall–Kier alpha value is -1.68. The third kappa shape index (κ3) is 3.32. The molecule has 1 fully saturated rings. The molecule has 1 unspecified atom stereocenters. The molecule has 0 heterocycles. The molecule has 1 N–H and O–H groups in total. The molecule has 0 spiro atoms.